The summed E-state index contributed by atoms with van der Waals surface area (Å²) in [6, 6.07) is 5.87. The van der Waals surface area contributed by atoms with Gasteiger partial charge in [0.25, 0.3) is 0 Å². The number of thiazole rings is 1. The van der Waals surface area contributed by atoms with E-state index in [9.17, 15) is 4.79 Å². The quantitative estimate of drug-likeness (QED) is 0.944. The van der Waals surface area contributed by atoms with E-state index in [1.165, 1.54) is 11.1 Å². The molecule has 1 aromatic carbocycles. The van der Waals surface area contributed by atoms with Gasteiger partial charge < -0.3 is 10.2 Å². The van der Waals surface area contributed by atoms with Gasteiger partial charge in [-0.1, -0.05) is 17.7 Å². The van der Waals surface area contributed by atoms with E-state index in [1.54, 1.807) is 11.3 Å². The van der Waals surface area contributed by atoms with E-state index in [0.29, 0.717) is 13.1 Å². The second kappa shape index (κ2) is 6.45. The van der Waals surface area contributed by atoms with E-state index < -0.39 is 0 Å². The molecule has 21 heavy (non-hydrogen) atoms. The van der Waals surface area contributed by atoms with Crippen molar-refractivity contribution < 1.29 is 4.79 Å². The van der Waals surface area contributed by atoms with Crippen LogP contribution in [0.4, 0.5) is 4.79 Å². The fraction of sp³-hybridized carbons (Fsp3) is 0.333. The number of urea groups is 1. The minimum absolute atomic E-state index is 0.00849. The summed E-state index contributed by atoms with van der Waals surface area (Å²) >= 11 is 7.57. The molecule has 1 aliphatic rings. The lowest BCUT2D eigenvalue weighted by atomic mass is 10.0. The molecule has 0 fully saturated rings. The van der Waals surface area contributed by atoms with E-state index in [2.05, 4.69) is 10.3 Å². The molecule has 0 unspecified atom stereocenters. The molecule has 0 atom stereocenters. The number of rotatable bonds is 3. The minimum atomic E-state index is -0.00849. The van der Waals surface area contributed by atoms with Crippen molar-refractivity contribution in [2.24, 2.45) is 0 Å². The molecule has 0 saturated heterocycles. The third-order valence-electron chi connectivity index (χ3n) is 3.61. The number of nitrogens with one attached hydrogen (secondary N) is 1. The Kier molecular flexibility index (Phi) is 4.41. The number of benzene rings is 1. The number of hydrogen-bond acceptors (Lipinski definition) is 3. The number of halogens is 1. The molecule has 1 N–H and O–H groups in total. The highest BCUT2D eigenvalue weighted by atomic mass is 35.5. The van der Waals surface area contributed by atoms with Gasteiger partial charge in [0.2, 0.25) is 0 Å². The van der Waals surface area contributed by atoms with Gasteiger partial charge in [0.05, 0.1) is 11.2 Å². The molecule has 2 aromatic rings. The molecule has 4 nitrogen and oxygen atoms in total. The number of hydrogen-bond donors (Lipinski definition) is 1. The largest absolute Gasteiger partial charge is 0.338 e. The fourth-order valence-corrected chi connectivity index (χ4v) is 3.25. The van der Waals surface area contributed by atoms with Crippen molar-refractivity contribution in [3.8, 4) is 0 Å². The summed E-state index contributed by atoms with van der Waals surface area (Å²) in [5.41, 5.74) is 5.26. The summed E-state index contributed by atoms with van der Waals surface area (Å²) in [6.45, 7) is 2.00. The summed E-state index contributed by atoms with van der Waals surface area (Å²) in [4.78, 5) is 18.2. The summed E-state index contributed by atoms with van der Waals surface area (Å²) in [5, 5.41) is 5.72. The van der Waals surface area contributed by atoms with Gasteiger partial charge in [-0.2, -0.15) is 0 Å². The molecule has 1 aromatic heterocycles. The minimum Gasteiger partial charge on any atom is -0.338 e. The molecule has 1 aliphatic heterocycles. The monoisotopic (exact) mass is 321 g/mol. The summed E-state index contributed by atoms with van der Waals surface area (Å²) in [6.07, 6.45) is 1.63. The SMILES string of the molecule is O=C(NCCc1cscn1)N1CCc2cc(Cl)ccc2C1. The highest BCUT2D eigenvalue weighted by molar-refractivity contribution is 7.07. The normalized spacial score (nSPS) is 13.9. The van der Waals surface area contributed by atoms with Gasteiger partial charge >= 0.3 is 6.03 Å². The molecule has 0 saturated carbocycles. The molecule has 110 valence electrons. The fourth-order valence-electron chi connectivity index (χ4n) is 2.47. The van der Waals surface area contributed by atoms with Crippen molar-refractivity contribution >= 4 is 29.0 Å². The molecular weight excluding hydrogens is 306 g/mol. The van der Waals surface area contributed by atoms with Gasteiger partial charge in [0, 0.05) is 36.5 Å². The van der Waals surface area contributed by atoms with E-state index in [4.69, 9.17) is 11.6 Å². The first-order valence-corrected chi connectivity index (χ1v) is 8.21. The number of aromatic nitrogens is 1. The molecule has 0 bridgehead atoms. The van der Waals surface area contributed by atoms with E-state index in [-0.39, 0.29) is 6.03 Å². The second-order valence-corrected chi connectivity index (χ2v) is 6.20. The number of nitrogens with zero attached hydrogens (tertiary/aromatic N) is 2. The van der Waals surface area contributed by atoms with Crippen LogP contribution in [-0.2, 0) is 19.4 Å². The second-order valence-electron chi connectivity index (χ2n) is 5.05. The third kappa shape index (κ3) is 3.54. The topological polar surface area (TPSA) is 45.2 Å². The van der Waals surface area contributed by atoms with Crippen molar-refractivity contribution in [2.45, 2.75) is 19.4 Å². The molecule has 3 rings (SSSR count). The smallest absolute Gasteiger partial charge is 0.317 e. The lowest BCUT2D eigenvalue weighted by Gasteiger charge is -2.29. The van der Waals surface area contributed by atoms with E-state index in [0.717, 1.165) is 30.1 Å². The first-order chi connectivity index (χ1) is 10.2. The lowest BCUT2D eigenvalue weighted by molar-refractivity contribution is 0.192. The van der Waals surface area contributed by atoms with E-state index in [1.807, 2.05) is 34.0 Å². The average molecular weight is 322 g/mol. The molecule has 0 radical (unpaired) electrons. The van der Waals surface area contributed by atoms with Gasteiger partial charge in [0.15, 0.2) is 0 Å². The Morgan fingerprint density at radius 2 is 2.33 bits per heavy atom. The Bertz CT molecular complexity index is 630. The highest BCUT2D eigenvalue weighted by Gasteiger charge is 2.20. The van der Waals surface area contributed by atoms with Crippen LogP contribution >= 0.6 is 22.9 Å². The summed E-state index contributed by atoms with van der Waals surface area (Å²) in [5.74, 6) is 0. The zero-order chi connectivity index (χ0) is 14.7. The molecular formula is C15H16ClN3OS. The van der Waals surface area contributed by atoms with Crippen molar-refractivity contribution in [1.82, 2.24) is 15.2 Å². The van der Waals surface area contributed by atoms with Crippen molar-refractivity contribution in [2.75, 3.05) is 13.1 Å². The predicted molar refractivity (Wildman–Crippen MR) is 84.8 cm³/mol. The molecule has 2 amide bonds. The van der Waals surface area contributed by atoms with Crippen LogP contribution in [0.3, 0.4) is 0 Å². The zero-order valence-electron chi connectivity index (χ0n) is 11.5. The van der Waals surface area contributed by atoms with Crippen molar-refractivity contribution in [1.29, 1.82) is 0 Å². The number of carbonyl (C=O) groups is 1. The molecule has 0 spiro atoms. The van der Waals surface area contributed by atoms with Gasteiger partial charge in [0.1, 0.15) is 0 Å². The average Bonchev–Trinajstić information content (AvgIpc) is 3.00. The lowest BCUT2D eigenvalue weighted by Crippen LogP contribution is -2.43. The maximum atomic E-state index is 12.2. The van der Waals surface area contributed by atoms with Crippen LogP contribution in [0, 0.1) is 0 Å². The van der Waals surface area contributed by atoms with E-state index >= 15 is 0 Å². The Balaban J connectivity index is 1.53. The molecule has 0 aliphatic carbocycles. The van der Waals surface area contributed by atoms with Gasteiger partial charge in [-0.3, -0.25) is 0 Å². The maximum absolute atomic E-state index is 12.2. The van der Waals surface area contributed by atoms with Gasteiger partial charge in [-0.25, -0.2) is 9.78 Å². The van der Waals surface area contributed by atoms with Gasteiger partial charge in [-0.05, 0) is 29.7 Å². The number of carbonyl (C=O) groups excluding carboxylic acids is 1. The van der Waals surface area contributed by atoms with Crippen LogP contribution in [0.5, 0.6) is 0 Å². The standard InChI is InChI=1S/C15H16ClN3OS/c16-13-2-1-12-8-19(6-4-11(12)7-13)15(20)17-5-3-14-9-21-10-18-14/h1-2,7,9-10H,3-6,8H2,(H,17,20). The first-order valence-electron chi connectivity index (χ1n) is 6.89. The summed E-state index contributed by atoms with van der Waals surface area (Å²) < 4.78 is 0. The highest BCUT2D eigenvalue weighted by Crippen LogP contribution is 2.22. The van der Waals surface area contributed by atoms with Gasteiger partial charge in [-0.15, -0.1) is 11.3 Å². The molecule has 2 heterocycles. The van der Waals surface area contributed by atoms with Crippen LogP contribution in [0.25, 0.3) is 0 Å². The Labute approximate surface area is 132 Å². The maximum Gasteiger partial charge on any atom is 0.317 e. The Hall–Kier alpha value is -1.59. The Morgan fingerprint density at radius 1 is 1.43 bits per heavy atom. The van der Waals surface area contributed by atoms with Crippen LogP contribution in [0.1, 0.15) is 16.8 Å². The number of fused-ring (bicyclic) bond motifs is 1. The van der Waals surface area contributed by atoms with Crippen LogP contribution in [-0.4, -0.2) is 29.0 Å². The van der Waals surface area contributed by atoms with Crippen LogP contribution < -0.4 is 5.32 Å². The van der Waals surface area contributed by atoms with Crippen molar-refractivity contribution in [3.63, 3.8) is 0 Å². The zero-order valence-corrected chi connectivity index (χ0v) is 13.1. The summed E-state index contributed by atoms with van der Waals surface area (Å²) in [7, 11) is 0. The van der Waals surface area contributed by atoms with Crippen molar-refractivity contribution in [3.05, 3.63) is 50.9 Å². The molecule has 6 heteroatoms. The number of amides is 2. The van der Waals surface area contributed by atoms with Crippen LogP contribution in [0.15, 0.2) is 29.1 Å². The van der Waals surface area contributed by atoms with Crippen LogP contribution in [0.2, 0.25) is 5.02 Å². The predicted octanol–water partition coefficient (Wildman–Crippen LogP) is 3.11. The first kappa shape index (κ1) is 14.4. The third-order valence-corrected chi connectivity index (χ3v) is 4.48. The Morgan fingerprint density at radius 3 is 3.14 bits per heavy atom.